The number of thioether (sulfide) groups is 1. The Morgan fingerprint density at radius 3 is 3.10 bits per heavy atom. The molecule has 1 heterocycles. The van der Waals surface area contributed by atoms with E-state index in [-0.39, 0.29) is 0 Å². The third-order valence-corrected chi connectivity index (χ3v) is 5.17. The zero-order valence-corrected chi connectivity index (χ0v) is 13.7. The molecule has 0 saturated carbocycles. The van der Waals surface area contributed by atoms with Crippen LogP contribution in [0.5, 0.6) is 5.75 Å². The van der Waals surface area contributed by atoms with Crippen LogP contribution in [0.2, 0.25) is 0 Å². The molecule has 2 rings (SSSR count). The SMILES string of the molecule is CC1SCCN(CCOc2cccc(C#CCN)c2)C1C. The van der Waals surface area contributed by atoms with E-state index in [1.165, 1.54) is 5.75 Å². The van der Waals surface area contributed by atoms with Crippen molar-refractivity contribution in [3.05, 3.63) is 29.8 Å². The largest absolute Gasteiger partial charge is 0.492 e. The van der Waals surface area contributed by atoms with Crippen molar-refractivity contribution in [2.24, 2.45) is 5.73 Å². The number of ether oxygens (including phenoxy) is 1. The minimum atomic E-state index is 0.383. The number of rotatable bonds is 4. The van der Waals surface area contributed by atoms with Gasteiger partial charge in [0.1, 0.15) is 12.4 Å². The molecule has 4 heteroatoms. The Morgan fingerprint density at radius 2 is 2.29 bits per heavy atom. The number of nitrogens with two attached hydrogens (primary N) is 1. The normalized spacial score (nSPS) is 22.4. The fraction of sp³-hybridized carbons (Fsp3) is 0.529. The molecule has 1 fully saturated rings. The first kappa shape index (κ1) is 16.2. The van der Waals surface area contributed by atoms with Crippen molar-refractivity contribution in [3.63, 3.8) is 0 Å². The van der Waals surface area contributed by atoms with E-state index < -0.39 is 0 Å². The lowest BCUT2D eigenvalue weighted by Crippen LogP contribution is -2.46. The maximum atomic E-state index is 5.87. The Labute approximate surface area is 132 Å². The van der Waals surface area contributed by atoms with Crippen LogP contribution in [0.1, 0.15) is 19.4 Å². The van der Waals surface area contributed by atoms with E-state index in [9.17, 15) is 0 Å². The van der Waals surface area contributed by atoms with E-state index in [1.807, 2.05) is 24.3 Å². The van der Waals surface area contributed by atoms with Gasteiger partial charge in [-0.15, -0.1) is 0 Å². The molecule has 1 aliphatic heterocycles. The smallest absolute Gasteiger partial charge is 0.120 e. The lowest BCUT2D eigenvalue weighted by molar-refractivity contribution is 0.170. The zero-order chi connectivity index (χ0) is 15.1. The van der Waals surface area contributed by atoms with E-state index >= 15 is 0 Å². The standard InChI is InChI=1S/C17H24N2OS/c1-14-15(2)21-12-10-19(14)9-11-20-17-7-3-5-16(13-17)6-4-8-18/h3,5,7,13-15H,8-12,18H2,1-2H3. The summed E-state index contributed by atoms with van der Waals surface area (Å²) >= 11 is 2.06. The summed E-state index contributed by atoms with van der Waals surface area (Å²) < 4.78 is 5.87. The van der Waals surface area contributed by atoms with Crippen LogP contribution in [-0.2, 0) is 0 Å². The van der Waals surface area contributed by atoms with E-state index in [0.717, 1.165) is 31.0 Å². The monoisotopic (exact) mass is 304 g/mol. The Kier molecular flexibility index (Phi) is 6.44. The molecule has 1 aromatic rings. The first-order valence-corrected chi connectivity index (χ1v) is 8.53. The molecule has 2 atom stereocenters. The lowest BCUT2D eigenvalue weighted by atomic mass is 10.2. The molecule has 2 N–H and O–H groups in total. The van der Waals surface area contributed by atoms with Crippen LogP contribution in [-0.4, -0.2) is 48.2 Å². The second-order valence-corrected chi connectivity index (χ2v) is 6.72. The summed E-state index contributed by atoms with van der Waals surface area (Å²) in [5.74, 6) is 7.99. The lowest BCUT2D eigenvalue weighted by Gasteiger charge is -2.37. The predicted molar refractivity (Wildman–Crippen MR) is 90.8 cm³/mol. The van der Waals surface area contributed by atoms with Crippen LogP contribution < -0.4 is 10.5 Å². The van der Waals surface area contributed by atoms with Gasteiger partial charge in [-0.25, -0.2) is 0 Å². The zero-order valence-electron chi connectivity index (χ0n) is 12.8. The van der Waals surface area contributed by atoms with Crippen molar-refractivity contribution in [1.29, 1.82) is 0 Å². The summed E-state index contributed by atoms with van der Waals surface area (Å²) in [4.78, 5) is 2.51. The van der Waals surface area contributed by atoms with Gasteiger partial charge in [-0.3, -0.25) is 4.90 Å². The second-order valence-electron chi connectivity index (χ2n) is 5.23. The van der Waals surface area contributed by atoms with Crippen molar-refractivity contribution < 1.29 is 4.74 Å². The Bertz CT molecular complexity index is 509. The number of benzene rings is 1. The Balaban J connectivity index is 1.83. The predicted octanol–water partition coefficient (Wildman–Crippen LogP) is 2.20. The number of nitrogens with zero attached hydrogens (tertiary/aromatic N) is 1. The number of hydrogen-bond donors (Lipinski definition) is 1. The summed E-state index contributed by atoms with van der Waals surface area (Å²) in [5, 5.41) is 0.702. The second kappa shape index (κ2) is 8.33. The van der Waals surface area contributed by atoms with Crippen molar-refractivity contribution in [2.75, 3.05) is 32.0 Å². The van der Waals surface area contributed by atoms with Crippen LogP contribution in [0.4, 0.5) is 0 Å². The Hall–Kier alpha value is -1.15. The van der Waals surface area contributed by atoms with Crippen LogP contribution in [0.15, 0.2) is 24.3 Å². The van der Waals surface area contributed by atoms with E-state index in [4.69, 9.17) is 10.5 Å². The molecule has 0 radical (unpaired) electrons. The van der Waals surface area contributed by atoms with E-state index in [1.54, 1.807) is 0 Å². The summed E-state index contributed by atoms with van der Waals surface area (Å²) in [6, 6.07) is 8.51. The molecule has 0 amide bonds. The van der Waals surface area contributed by atoms with Gasteiger partial charge >= 0.3 is 0 Å². The molecule has 3 nitrogen and oxygen atoms in total. The molecule has 0 bridgehead atoms. The van der Waals surface area contributed by atoms with Crippen molar-refractivity contribution >= 4 is 11.8 Å². The highest BCUT2D eigenvalue weighted by Gasteiger charge is 2.24. The van der Waals surface area contributed by atoms with Gasteiger partial charge in [0, 0.05) is 35.7 Å². The van der Waals surface area contributed by atoms with E-state index in [0.29, 0.717) is 17.8 Å². The molecular formula is C17H24N2OS. The van der Waals surface area contributed by atoms with Gasteiger partial charge in [0.25, 0.3) is 0 Å². The number of hydrogen-bond acceptors (Lipinski definition) is 4. The first-order valence-electron chi connectivity index (χ1n) is 7.48. The average molecular weight is 304 g/mol. The molecule has 0 aromatic heterocycles. The maximum Gasteiger partial charge on any atom is 0.120 e. The highest BCUT2D eigenvalue weighted by molar-refractivity contribution is 8.00. The first-order chi connectivity index (χ1) is 10.2. The van der Waals surface area contributed by atoms with Gasteiger partial charge in [0.15, 0.2) is 0 Å². The van der Waals surface area contributed by atoms with Crippen molar-refractivity contribution in [2.45, 2.75) is 25.1 Å². The topological polar surface area (TPSA) is 38.5 Å². The van der Waals surface area contributed by atoms with Crippen molar-refractivity contribution in [1.82, 2.24) is 4.90 Å². The van der Waals surface area contributed by atoms with Crippen LogP contribution in [0.25, 0.3) is 0 Å². The molecular weight excluding hydrogens is 280 g/mol. The molecule has 0 aliphatic carbocycles. The van der Waals surface area contributed by atoms with Crippen LogP contribution in [0, 0.1) is 11.8 Å². The minimum absolute atomic E-state index is 0.383. The molecule has 1 saturated heterocycles. The fourth-order valence-corrected chi connectivity index (χ4v) is 3.57. The van der Waals surface area contributed by atoms with Crippen LogP contribution >= 0.6 is 11.8 Å². The quantitative estimate of drug-likeness (QED) is 0.866. The molecule has 1 aliphatic rings. The van der Waals surface area contributed by atoms with Gasteiger partial charge in [0.2, 0.25) is 0 Å². The third kappa shape index (κ3) is 4.96. The molecule has 21 heavy (non-hydrogen) atoms. The average Bonchev–Trinajstić information content (AvgIpc) is 2.50. The summed E-state index contributed by atoms with van der Waals surface area (Å²) in [6.07, 6.45) is 0. The highest BCUT2D eigenvalue weighted by atomic mass is 32.2. The Morgan fingerprint density at radius 1 is 1.43 bits per heavy atom. The minimum Gasteiger partial charge on any atom is -0.492 e. The van der Waals surface area contributed by atoms with Gasteiger partial charge in [0.05, 0.1) is 6.54 Å². The van der Waals surface area contributed by atoms with E-state index in [2.05, 4.69) is 42.4 Å². The van der Waals surface area contributed by atoms with Crippen molar-refractivity contribution in [3.8, 4) is 17.6 Å². The summed E-state index contributed by atoms with van der Waals surface area (Å²) in [7, 11) is 0. The fourth-order valence-electron chi connectivity index (χ4n) is 2.41. The summed E-state index contributed by atoms with van der Waals surface area (Å²) in [6.45, 7) is 7.84. The van der Waals surface area contributed by atoms with Gasteiger partial charge in [-0.2, -0.15) is 11.8 Å². The van der Waals surface area contributed by atoms with Gasteiger partial charge in [-0.05, 0) is 25.1 Å². The van der Waals surface area contributed by atoms with Gasteiger partial charge in [-0.1, -0.05) is 24.8 Å². The summed E-state index contributed by atoms with van der Waals surface area (Å²) in [5.41, 5.74) is 6.34. The highest BCUT2D eigenvalue weighted by Crippen LogP contribution is 2.23. The third-order valence-electron chi connectivity index (χ3n) is 3.83. The molecule has 114 valence electrons. The van der Waals surface area contributed by atoms with Gasteiger partial charge < -0.3 is 10.5 Å². The maximum absolute atomic E-state index is 5.87. The molecule has 1 aromatic carbocycles. The molecule has 2 unspecified atom stereocenters. The molecule has 0 spiro atoms. The van der Waals surface area contributed by atoms with Crippen LogP contribution in [0.3, 0.4) is 0 Å².